The van der Waals surface area contributed by atoms with Gasteiger partial charge in [-0.2, -0.15) is 0 Å². The molecule has 0 unspecified atom stereocenters. The minimum atomic E-state index is -1.54. The highest BCUT2D eigenvalue weighted by Crippen LogP contribution is 2.32. The lowest BCUT2D eigenvalue weighted by atomic mass is 9.84. The average molecular weight is 777 g/mol. The van der Waals surface area contributed by atoms with E-state index in [0.717, 1.165) is 40.8 Å². The molecule has 2 amide bonds. The van der Waals surface area contributed by atoms with Crippen molar-refractivity contribution in [1.29, 1.82) is 0 Å². The van der Waals surface area contributed by atoms with Gasteiger partial charge in [-0.05, 0) is 79.3 Å². The first-order valence-electron chi connectivity index (χ1n) is 20.1. The molecule has 0 aliphatic rings. The summed E-state index contributed by atoms with van der Waals surface area (Å²) in [5, 5.41) is 17.6. The molecule has 0 aliphatic carbocycles. The highest BCUT2D eigenvalue weighted by Gasteiger charge is 2.40. The normalized spacial score (nSPS) is 12.1. The van der Waals surface area contributed by atoms with Gasteiger partial charge in [0.25, 0.3) is 0 Å². The van der Waals surface area contributed by atoms with Crippen molar-refractivity contribution in [2.45, 2.75) is 70.8 Å². The summed E-state index contributed by atoms with van der Waals surface area (Å²) in [6, 6.07) is 41.1. The summed E-state index contributed by atoms with van der Waals surface area (Å²) < 4.78 is 6.04. The molecule has 58 heavy (non-hydrogen) atoms. The Bertz CT molecular complexity index is 2290. The molecule has 0 saturated carbocycles. The lowest BCUT2D eigenvalue weighted by Gasteiger charge is -2.33. The number of aromatic nitrogens is 1. The summed E-state index contributed by atoms with van der Waals surface area (Å²) in [5.74, 6) is -0.169. The van der Waals surface area contributed by atoms with Crippen molar-refractivity contribution in [2.75, 3.05) is 23.8 Å². The van der Waals surface area contributed by atoms with Crippen LogP contribution in [0.1, 0.15) is 78.4 Å². The van der Waals surface area contributed by atoms with E-state index in [9.17, 15) is 19.5 Å². The van der Waals surface area contributed by atoms with Gasteiger partial charge < -0.3 is 20.2 Å². The van der Waals surface area contributed by atoms with Crippen LogP contribution in [0.3, 0.4) is 0 Å². The molecule has 298 valence electrons. The van der Waals surface area contributed by atoms with E-state index in [0.29, 0.717) is 47.1 Å². The molecule has 1 heterocycles. The number of carboxylic acid groups (broad SMARTS) is 1. The van der Waals surface area contributed by atoms with Crippen LogP contribution in [-0.2, 0) is 17.6 Å². The standard InChI is InChI=1S/C49H52N4O5/c1-4-5-6-7-16-32-50-48(57)53(3)41-23-17-22-40(33-41)37-28-26-36(27-29-37)34-49(47(55)56,31-30-43-35(2)58-46(51-43)39-20-12-9-13-21-39)52-44-25-15-14-24-42(44)45(54)38-18-10-8-11-19-38/h8-15,17-29,33,52H,4-7,16,30-32,34H2,1-3H3,(H,50,57)(H,55,56)/t49-/m0/s1. The molecule has 1 atom stereocenters. The lowest BCUT2D eigenvalue weighted by Crippen LogP contribution is -2.49. The van der Waals surface area contributed by atoms with Crippen molar-refractivity contribution >= 4 is 29.2 Å². The fourth-order valence-corrected chi connectivity index (χ4v) is 7.14. The number of nitrogens with zero attached hydrogens (tertiary/aromatic N) is 2. The molecule has 0 spiro atoms. The second-order valence-electron chi connectivity index (χ2n) is 14.8. The summed E-state index contributed by atoms with van der Waals surface area (Å²) in [7, 11) is 1.77. The highest BCUT2D eigenvalue weighted by atomic mass is 16.4. The van der Waals surface area contributed by atoms with Gasteiger partial charge in [0.2, 0.25) is 5.89 Å². The smallest absolute Gasteiger partial charge is 0.329 e. The van der Waals surface area contributed by atoms with E-state index in [1.807, 2.05) is 91.9 Å². The third-order valence-corrected chi connectivity index (χ3v) is 10.6. The van der Waals surface area contributed by atoms with E-state index in [4.69, 9.17) is 9.40 Å². The predicted octanol–water partition coefficient (Wildman–Crippen LogP) is 10.8. The second-order valence-corrected chi connectivity index (χ2v) is 14.8. The maximum atomic E-state index is 13.8. The number of amides is 2. The molecule has 6 aromatic rings. The molecule has 9 heteroatoms. The molecular weight excluding hydrogens is 725 g/mol. The molecule has 0 saturated heterocycles. The van der Waals surface area contributed by atoms with Crippen molar-refractivity contribution in [3.63, 3.8) is 0 Å². The Morgan fingerprint density at radius 1 is 0.759 bits per heavy atom. The Kier molecular flexibility index (Phi) is 13.9. The number of carbonyl (C=O) groups excluding carboxylic acids is 2. The van der Waals surface area contributed by atoms with Crippen LogP contribution in [0.25, 0.3) is 22.6 Å². The zero-order valence-corrected chi connectivity index (χ0v) is 33.5. The van der Waals surface area contributed by atoms with Crippen LogP contribution >= 0.6 is 0 Å². The molecule has 5 aromatic carbocycles. The van der Waals surface area contributed by atoms with E-state index in [-0.39, 0.29) is 24.7 Å². The Morgan fingerprint density at radius 3 is 2.16 bits per heavy atom. The van der Waals surface area contributed by atoms with Crippen LogP contribution in [0.4, 0.5) is 16.2 Å². The number of carbonyl (C=O) groups is 3. The maximum Gasteiger partial charge on any atom is 0.329 e. The number of ketones is 1. The van der Waals surface area contributed by atoms with Gasteiger partial charge in [0.1, 0.15) is 11.3 Å². The minimum Gasteiger partial charge on any atom is -0.479 e. The van der Waals surface area contributed by atoms with Gasteiger partial charge >= 0.3 is 12.0 Å². The van der Waals surface area contributed by atoms with Gasteiger partial charge in [0.05, 0.1) is 5.69 Å². The second kappa shape index (κ2) is 19.6. The van der Waals surface area contributed by atoms with Crippen LogP contribution in [0.5, 0.6) is 0 Å². The topological polar surface area (TPSA) is 125 Å². The Morgan fingerprint density at radius 2 is 1.43 bits per heavy atom. The van der Waals surface area contributed by atoms with Gasteiger partial charge in [-0.3, -0.25) is 9.69 Å². The molecule has 0 aliphatic heterocycles. The van der Waals surface area contributed by atoms with Crippen LogP contribution in [0.2, 0.25) is 0 Å². The van der Waals surface area contributed by atoms with E-state index >= 15 is 0 Å². The number of benzene rings is 5. The zero-order chi connectivity index (χ0) is 40.9. The van der Waals surface area contributed by atoms with Gasteiger partial charge in [-0.15, -0.1) is 0 Å². The van der Waals surface area contributed by atoms with Crippen molar-refractivity contribution in [2.24, 2.45) is 0 Å². The number of urea groups is 1. The summed E-state index contributed by atoms with van der Waals surface area (Å²) >= 11 is 0. The number of hydrogen-bond donors (Lipinski definition) is 3. The van der Waals surface area contributed by atoms with E-state index in [1.54, 1.807) is 60.5 Å². The van der Waals surface area contributed by atoms with Crippen LogP contribution < -0.4 is 15.5 Å². The molecule has 0 fully saturated rings. The number of anilines is 2. The van der Waals surface area contributed by atoms with Crippen molar-refractivity contribution in [1.82, 2.24) is 10.3 Å². The first-order valence-corrected chi connectivity index (χ1v) is 20.1. The van der Waals surface area contributed by atoms with E-state index in [1.165, 1.54) is 19.3 Å². The molecule has 0 radical (unpaired) electrons. The third kappa shape index (κ3) is 10.3. The summed E-state index contributed by atoms with van der Waals surface area (Å²) in [5.41, 5.74) is 4.68. The third-order valence-electron chi connectivity index (χ3n) is 10.6. The number of nitrogens with one attached hydrogen (secondary N) is 2. The number of para-hydroxylation sites is 1. The largest absolute Gasteiger partial charge is 0.479 e. The van der Waals surface area contributed by atoms with Gasteiger partial charge in [-0.1, -0.05) is 130 Å². The number of oxazole rings is 1. The summed E-state index contributed by atoms with van der Waals surface area (Å²) in [4.78, 5) is 46.8. The van der Waals surface area contributed by atoms with Crippen molar-refractivity contribution < 1.29 is 23.9 Å². The number of aliphatic carboxylic acids is 1. The molecule has 9 nitrogen and oxygen atoms in total. The number of rotatable bonds is 19. The summed E-state index contributed by atoms with van der Waals surface area (Å²) in [6.07, 6.45) is 6.20. The van der Waals surface area contributed by atoms with Crippen LogP contribution in [-0.4, -0.2) is 47.0 Å². The SMILES string of the molecule is CCCCCCCNC(=O)N(C)c1cccc(-c2ccc(C[C@](CCc3nc(-c4ccccc4)oc3C)(Nc3ccccc3C(=O)c3ccccc3)C(=O)O)cc2)c1. The lowest BCUT2D eigenvalue weighted by molar-refractivity contribution is -0.142. The highest BCUT2D eigenvalue weighted by molar-refractivity contribution is 6.12. The first kappa shape index (κ1) is 41.2. The molecule has 0 bridgehead atoms. The summed E-state index contributed by atoms with van der Waals surface area (Å²) in [6.45, 7) is 4.67. The molecular formula is C49H52N4O5. The number of aryl methyl sites for hydroxylation is 2. The number of carboxylic acids is 1. The minimum absolute atomic E-state index is 0.111. The zero-order valence-electron chi connectivity index (χ0n) is 33.5. The van der Waals surface area contributed by atoms with Gasteiger partial charge in [0, 0.05) is 48.1 Å². The molecule has 1 aromatic heterocycles. The molecule has 6 rings (SSSR count). The Hall–Kier alpha value is -6.48. The maximum absolute atomic E-state index is 13.8. The molecule has 3 N–H and O–H groups in total. The predicted molar refractivity (Wildman–Crippen MR) is 231 cm³/mol. The number of unbranched alkanes of at least 4 members (excludes halogenated alkanes) is 4. The quantitative estimate of drug-likeness (QED) is 0.0552. The van der Waals surface area contributed by atoms with Crippen molar-refractivity contribution in [3.8, 4) is 22.6 Å². The average Bonchev–Trinajstić information content (AvgIpc) is 3.64. The fourth-order valence-electron chi connectivity index (χ4n) is 7.14. The van der Waals surface area contributed by atoms with Gasteiger partial charge in [0.15, 0.2) is 5.78 Å². The van der Waals surface area contributed by atoms with E-state index < -0.39 is 11.5 Å². The fraction of sp³-hybridized carbons (Fsp3) is 0.265. The van der Waals surface area contributed by atoms with E-state index in [2.05, 4.69) is 17.6 Å². The van der Waals surface area contributed by atoms with Crippen molar-refractivity contribution in [3.05, 3.63) is 162 Å². The van der Waals surface area contributed by atoms with Crippen LogP contribution in [0.15, 0.2) is 138 Å². The Labute approximate surface area is 341 Å². The van der Waals surface area contributed by atoms with Crippen LogP contribution in [0, 0.1) is 6.92 Å². The van der Waals surface area contributed by atoms with Gasteiger partial charge in [-0.25, -0.2) is 14.6 Å². The monoisotopic (exact) mass is 776 g/mol. The number of hydrogen-bond acceptors (Lipinski definition) is 6. The Balaban J connectivity index is 1.26. The first-order chi connectivity index (χ1) is 28.2.